The summed E-state index contributed by atoms with van der Waals surface area (Å²) in [6.45, 7) is 0. The van der Waals surface area contributed by atoms with Crippen LogP contribution in [0.2, 0.25) is 0 Å². The van der Waals surface area contributed by atoms with Crippen molar-refractivity contribution in [3.8, 4) is 5.88 Å². The molecule has 132 valence electrons. The topological polar surface area (TPSA) is 99.5 Å². The Labute approximate surface area is 148 Å². The molecule has 25 heavy (non-hydrogen) atoms. The van der Waals surface area contributed by atoms with E-state index in [4.69, 9.17) is 0 Å². The van der Waals surface area contributed by atoms with Crippen molar-refractivity contribution in [3.63, 3.8) is 0 Å². The molecule has 3 heterocycles. The lowest BCUT2D eigenvalue weighted by Gasteiger charge is -2.25. The summed E-state index contributed by atoms with van der Waals surface area (Å²) in [7, 11) is 0. The number of thiophene rings is 1. The molecule has 8 heteroatoms. The molecule has 0 bridgehead atoms. The standard InChI is InChI=1S/C17H20N4O3S/c22-15-14(12-9-11(19-20-12)13-7-4-8-25-13)16(23)21(17(24)18-15)10-5-2-1-3-6-10/h4,7-8,10-11,19,23H,1-3,5-6,9H2,(H,18,22,24)/t11-/m0/s1. The second-order valence-electron chi connectivity index (χ2n) is 6.58. The van der Waals surface area contributed by atoms with Gasteiger partial charge < -0.3 is 10.5 Å². The van der Waals surface area contributed by atoms with Gasteiger partial charge in [0.05, 0.1) is 11.8 Å². The van der Waals surface area contributed by atoms with E-state index in [0.29, 0.717) is 12.1 Å². The van der Waals surface area contributed by atoms with E-state index in [2.05, 4.69) is 15.5 Å². The minimum atomic E-state index is -0.582. The molecule has 4 rings (SSSR count). The van der Waals surface area contributed by atoms with Gasteiger partial charge in [-0.2, -0.15) is 5.10 Å². The van der Waals surface area contributed by atoms with E-state index in [9.17, 15) is 14.7 Å². The number of aromatic nitrogens is 2. The van der Waals surface area contributed by atoms with Crippen LogP contribution in [-0.2, 0) is 0 Å². The van der Waals surface area contributed by atoms with E-state index in [1.165, 1.54) is 4.57 Å². The number of aromatic hydroxyl groups is 1. The Balaban J connectivity index is 1.70. The molecule has 7 nitrogen and oxygen atoms in total. The number of nitrogens with one attached hydrogen (secondary N) is 2. The van der Waals surface area contributed by atoms with Crippen molar-refractivity contribution >= 4 is 17.0 Å². The number of hydrogen-bond donors (Lipinski definition) is 3. The van der Waals surface area contributed by atoms with Crippen LogP contribution < -0.4 is 16.7 Å². The summed E-state index contributed by atoms with van der Waals surface area (Å²) in [6, 6.07) is 3.89. The molecule has 1 aliphatic carbocycles. The van der Waals surface area contributed by atoms with Gasteiger partial charge in [0, 0.05) is 17.3 Å². The Kier molecular flexibility index (Phi) is 4.20. The van der Waals surface area contributed by atoms with Crippen molar-refractivity contribution in [2.24, 2.45) is 5.10 Å². The third-order valence-electron chi connectivity index (χ3n) is 4.99. The molecule has 2 aromatic rings. The zero-order valence-electron chi connectivity index (χ0n) is 13.7. The normalized spacial score (nSPS) is 21.1. The fourth-order valence-corrected chi connectivity index (χ4v) is 4.50. The zero-order chi connectivity index (χ0) is 17.4. The molecule has 3 N–H and O–H groups in total. The van der Waals surface area contributed by atoms with Gasteiger partial charge in [-0.15, -0.1) is 11.3 Å². The first-order valence-electron chi connectivity index (χ1n) is 8.59. The van der Waals surface area contributed by atoms with Gasteiger partial charge in [-0.05, 0) is 24.3 Å². The summed E-state index contributed by atoms with van der Waals surface area (Å²) in [5.41, 5.74) is 2.49. The van der Waals surface area contributed by atoms with Gasteiger partial charge in [0.25, 0.3) is 5.56 Å². The molecule has 1 atom stereocenters. The van der Waals surface area contributed by atoms with Crippen LogP contribution in [0.3, 0.4) is 0 Å². The van der Waals surface area contributed by atoms with Crippen LogP contribution in [-0.4, -0.2) is 20.4 Å². The van der Waals surface area contributed by atoms with Crippen molar-refractivity contribution in [2.75, 3.05) is 0 Å². The third kappa shape index (κ3) is 2.90. The number of nitrogens with zero attached hydrogens (tertiary/aromatic N) is 2. The molecule has 1 fully saturated rings. The lowest BCUT2D eigenvalue weighted by Crippen LogP contribution is -2.36. The SMILES string of the molecule is O=c1[nH]c(=O)n(C2CCCCC2)c(O)c1C1=NN[C@H](c2cccs2)C1. The molecule has 0 spiro atoms. The van der Waals surface area contributed by atoms with Gasteiger partial charge in [0.15, 0.2) is 0 Å². The van der Waals surface area contributed by atoms with Gasteiger partial charge in [0.2, 0.25) is 5.88 Å². The van der Waals surface area contributed by atoms with Crippen LogP contribution in [0.1, 0.15) is 61.0 Å². The average Bonchev–Trinajstić information content (AvgIpc) is 3.27. The minimum absolute atomic E-state index is 0.0103. The van der Waals surface area contributed by atoms with Crippen molar-refractivity contribution in [2.45, 2.75) is 50.6 Å². The highest BCUT2D eigenvalue weighted by Gasteiger charge is 2.29. The van der Waals surface area contributed by atoms with E-state index in [0.717, 1.165) is 37.0 Å². The highest BCUT2D eigenvalue weighted by atomic mass is 32.1. The smallest absolute Gasteiger partial charge is 0.331 e. The van der Waals surface area contributed by atoms with Crippen LogP contribution >= 0.6 is 11.3 Å². The fraction of sp³-hybridized carbons (Fsp3) is 0.471. The van der Waals surface area contributed by atoms with E-state index >= 15 is 0 Å². The van der Waals surface area contributed by atoms with Gasteiger partial charge in [-0.3, -0.25) is 14.3 Å². The Bertz CT molecular complexity index is 907. The van der Waals surface area contributed by atoms with Gasteiger partial charge in [-0.1, -0.05) is 25.3 Å². The number of rotatable bonds is 3. The van der Waals surface area contributed by atoms with Crippen molar-refractivity contribution in [3.05, 3.63) is 48.8 Å². The van der Waals surface area contributed by atoms with Crippen molar-refractivity contribution < 1.29 is 5.11 Å². The molecule has 0 saturated heterocycles. The largest absolute Gasteiger partial charge is 0.494 e. The summed E-state index contributed by atoms with van der Waals surface area (Å²) < 4.78 is 1.34. The lowest BCUT2D eigenvalue weighted by molar-refractivity contribution is 0.298. The maximum Gasteiger partial charge on any atom is 0.331 e. The predicted molar refractivity (Wildman–Crippen MR) is 96.5 cm³/mol. The summed E-state index contributed by atoms with van der Waals surface area (Å²) in [4.78, 5) is 28.1. The van der Waals surface area contributed by atoms with Gasteiger partial charge in [-0.25, -0.2) is 4.79 Å². The molecule has 1 saturated carbocycles. The molecule has 1 aliphatic heterocycles. The van der Waals surface area contributed by atoms with Crippen LogP contribution in [0, 0.1) is 0 Å². The summed E-state index contributed by atoms with van der Waals surface area (Å²) in [5, 5.41) is 17.0. The van der Waals surface area contributed by atoms with Gasteiger partial charge >= 0.3 is 5.69 Å². The van der Waals surface area contributed by atoms with Crippen LogP contribution in [0.25, 0.3) is 0 Å². The fourth-order valence-electron chi connectivity index (χ4n) is 3.73. The summed E-state index contributed by atoms with van der Waals surface area (Å²) in [5.74, 6) is -0.256. The maximum atomic E-state index is 12.3. The molecule has 0 aromatic carbocycles. The Hall–Kier alpha value is -2.35. The molecule has 2 aromatic heterocycles. The number of hydrazone groups is 1. The van der Waals surface area contributed by atoms with E-state index < -0.39 is 11.2 Å². The van der Waals surface area contributed by atoms with E-state index in [-0.39, 0.29) is 23.5 Å². The zero-order valence-corrected chi connectivity index (χ0v) is 14.5. The number of aromatic amines is 1. The van der Waals surface area contributed by atoms with Crippen molar-refractivity contribution in [1.82, 2.24) is 15.0 Å². The molecular weight excluding hydrogens is 340 g/mol. The maximum absolute atomic E-state index is 12.3. The Morgan fingerprint density at radius 2 is 2.04 bits per heavy atom. The van der Waals surface area contributed by atoms with Crippen molar-refractivity contribution in [1.29, 1.82) is 0 Å². The number of hydrogen-bond acceptors (Lipinski definition) is 6. The predicted octanol–water partition coefficient (Wildman–Crippen LogP) is 2.25. The third-order valence-corrected chi connectivity index (χ3v) is 5.97. The van der Waals surface area contributed by atoms with E-state index in [1.54, 1.807) is 11.3 Å². The minimum Gasteiger partial charge on any atom is -0.494 e. The van der Waals surface area contributed by atoms with Gasteiger partial charge in [0.1, 0.15) is 5.56 Å². The van der Waals surface area contributed by atoms with Crippen LogP contribution in [0.15, 0.2) is 32.2 Å². The highest BCUT2D eigenvalue weighted by Crippen LogP contribution is 2.32. The second-order valence-corrected chi connectivity index (χ2v) is 7.56. The second kappa shape index (κ2) is 6.51. The molecule has 2 aliphatic rings. The summed E-state index contributed by atoms with van der Waals surface area (Å²) in [6.07, 6.45) is 5.35. The monoisotopic (exact) mass is 360 g/mol. The quantitative estimate of drug-likeness (QED) is 0.782. The highest BCUT2D eigenvalue weighted by molar-refractivity contribution is 7.10. The van der Waals surface area contributed by atoms with Crippen LogP contribution in [0.5, 0.6) is 5.88 Å². The first-order chi connectivity index (χ1) is 12.1. The number of H-pyrrole nitrogens is 1. The molecular formula is C17H20N4O3S. The first-order valence-corrected chi connectivity index (χ1v) is 9.46. The first kappa shape index (κ1) is 16.1. The molecule has 0 amide bonds. The lowest BCUT2D eigenvalue weighted by atomic mass is 9.95. The molecule has 0 radical (unpaired) electrons. The Morgan fingerprint density at radius 3 is 2.76 bits per heavy atom. The summed E-state index contributed by atoms with van der Waals surface area (Å²) >= 11 is 1.61. The van der Waals surface area contributed by atoms with Crippen LogP contribution in [0.4, 0.5) is 0 Å². The van der Waals surface area contributed by atoms with E-state index in [1.807, 2.05) is 17.5 Å². The Morgan fingerprint density at radius 1 is 1.24 bits per heavy atom. The average molecular weight is 360 g/mol. The molecule has 0 unspecified atom stereocenters.